The molecule has 0 N–H and O–H groups in total. The molecule has 0 radical (unpaired) electrons. The van der Waals surface area contributed by atoms with E-state index in [-0.39, 0.29) is 0 Å². The molecule has 15 rings (SSSR count). The smallest absolute Gasteiger partial charge is 0.0468 e. The first-order chi connectivity index (χ1) is 32.4. The number of thiophene rings is 4. The molecule has 0 aliphatic heterocycles. The number of hydrogen-bond donors (Lipinski definition) is 0. The van der Waals surface area contributed by atoms with Crippen molar-refractivity contribution >= 4 is 186 Å². The third kappa shape index (κ3) is 5.61. The van der Waals surface area contributed by atoms with Crippen molar-refractivity contribution < 1.29 is 0 Å². The minimum Gasteiger partial charge on any atom is -0.310 e. The van der Waals surface area contributed by atoms with E-state index in [9.17, 15) is 0 Å². The Balaban J connectivity index is 0.856. The van der Waals surface area contributed by atoms with E-state index >= 15 is 0 Å². The van der Waals surface area contributed by atoms with Crippen molar-refractivity contribution in [3.05, 3.63) is 188 Å². The van der Waals surface area contributed by atoms with Gasteiger partial charge in [0.1, 0.15) is 0 Å². The maximum Gasteiger partial charge on any atom is 0.0468 e. The van der Waals surface area contributed by atoms with E-state index in [4.69, 9.17) is 0 Å². The maximum absolute atomic E-state index is 2.46. The molecule has 0 fully saturated rings. The highest BCUT2D eigenvalue weighted by molar-refractivity contribution is 7.29. The van der Waals surface area contributed by atoms with Crippen molar-refractivity contribution in [3.63, 3.8) is 0 Å². The monoisotopic (exact) mass is 911 g/mol. The molecule has 0 aliphatic rings. The highest BCUT2D eigenvalue weighted by Gasteiger charge is 2.19. The summed E-state index contributed by atoms with van der Waals surface area (Å²) in [4.78, 5) is 2.44. The van der Waals surface area contributed by atoms with E-state index in [1.54, 1.807) is 0 Å². The first-order valence-electron chi connectivity index (χ1n) is 22.6. The summed E-state index contributed by atoms with van der Waals surface area (Å²) in [5.74, 6) is 0.463. The molecule has 66 heavy (non-hydrogen) atoms. The number of rotatable bonds is 4. The van der Waals surface area contributed by atoms with Gasteiger partial charge in [0, 0.05) is 97.8 Å². The van der Waals surface area contributed by atoms with E-state index in [2.05, 4.69) is 201 Å². The summed E-state index contributed by atoms with van der Waals surface area (Å²) in [5, 5.41) is 21.0. The summed E-state index contributed by atoms with van der Waals surface area (Å²) in [6, 6.07) is 69.6. The highest BCUT2D eigenvalue weighted by atomic mass is 32.1. The molecule has 0 spiro atoms. The Labute approximate surface area is 395 Å². The molecule has 0 aliphatic carbocycles. The van der Waals surface area contributed by atoms with E-state index < -0.39 is 0 Å². The molecule has 0 amide bonds. The van der Waals surface area contributed by atoms with Crippen LogP contribution in [0.5, 0.6) is 0 Å². The lowest BCUT2D eigenvalue weighted by molar-refractivity contribution is 0.866. The standard InChI is InChI=1S/C61H37NS4/c1-33(2)34-11-15-43(16-12-34)62(44-17-13-39-23-48-52-29-50-46-21-35-7-3-5-9-37(35)25-54(46)63-58(50)31-60(52)65-56(48)27-41(39)19-44)45-18-14-40-24-49-53-30-51-47-22-36-8-4-6-10-38(36)26-55(47)64-59(51)32-61(53)66-57(49)28-42(40)20-45/h3-33H,1-2H3. The van der Waals surface area contributed by atoms with Gasteiger partial charge in [0.15, 0.2) is 0 Å². The van der Waals surface area contributed by atoms with Crippen LogP contribution in [-0.4, -0.2) is 0 Å². The molecular weight excluding hydrogens is 875 g/mol. The normalized spacial score (nSPS) is 12.5. The molecule has 15 aromatic rings. The van der Waals surface area contributed by atoms with Crippen LogP contribution in [0.3, 0.4) is 0 Å². The molecule has 310 valence electrons. The molecule has 0 saturated heterocycles. The fourth-order valence-corrected chi connectivity index (χ4v) is 15.4. The van der Waals surface area contributed by atoms with Gasteiger partial charge in [-0.3, -0.25) is 0 Å². The van der Waals surface area contributed by atoms with Crippen LogP contribution in [0.15, 0.2) is 182 Å². The van der Waals surface area contributed by atoms with Crippen LogP contribution in [0.2, 0.25) is 0 Å². The van der Waals surface area contributed by atoms with Crippen LogP contribution in [0.4, 0.5) is 17.1 Å². The van der Waals surface area contributed by atoms with Crippen molar-refractivity contribution in [1.29, 1.82) is 0 Å². The topological polar surface area (TPSA) is 3.24 Å². The Morgan fingerprint density at radius 2 is 0.576 bits per heavy atom. The zero-order valence-electron chi connectivity index (χ0n) is 36.0. The van der Waals surface area contributed by atoms with Gasteiger partial charge in [-0.1, -0.05) is 86.6 Å². The zero-order valence-corrected chi connectivity index (χ0v) is 39.2. The minimum atomic E-state index is 0.463. The Hall–Kier alpha value is -6.86. The Bertz CT molecular complexity index is 4290. The SMILES string of the molecule is CC(C)c1ccc(N(c2ccc3cc4c(cc3c2)sc2cc3sc5cc6ccccc6cc5c3cc24)c2ccc3cc4c(cc3c2)sc2cc3sc5cc6ccccc6cc5c3cc24)cc1. The van der Waals surface area contributed by atoms with E-state index in [1.807, 2.05) is 45.3 Å². The molecular formula is C61H37NS4. The van der Waals surface area contributed by atoms with Gasteiger partial charge in [-0.2, -0.15) is 0 Å². The predicted octanol–water partition coefficient (Wildman–Crippen LogP) is 20.4. The van der Waals surface area contributed by atoms with Crippen molar-refractivity contribution in [2.75, 3.05) is 4.90 Å². The average molecular weight is 912 g/mol. The van der Waals surface area contributed by atoms with Crippen molar-refractivity contribution in [2.24, 2.45) is 0 Å². The van der Waals surface area contributed by atoms with Gasteiger partial charge in [0.25, 0.3) is 0 Å². The molecule has 5 heteroatoms. The van der Waals surface area contributed by atoms with Crippen LogP contribution < -0.4 is 4.90 Å². The molecule has 11 aromatic carbocycles. The highest BCUT2D eigenvalue weighted by Crippen LogP contribution is 2.47. The van der Waals surface area contributed by atoms with Crippen molar-refractivity contribution in [3.8, 4) is 0 Å². The lowest BCUT2D eigenvalue weighted by atomic mass is 10.0. The molecule has 0 bridgehead atoms. The van der Waals surface area contributed by atoms with Gasteiger partial charge >= 0.3 is 0 Å². The number of benzene rings is 11. The Morgan fingerprint density at radius 3 is 0.955 bits per heavy atom. The number of nitrogens with zero attached hydrogens (tertiary/aromatic N) is 1. The average Bonchev–Trinajstić information content (AvgIpc) is 4.08. The van der Waals surface area contributed by atoms with Crippen molar-refractivity contribution in [2.45, 2.75) is 19.8 Å². The maximum atomic E-state index is 2.46. The summed E-state index contributed by atoms with van der Waals surface area (Å²) < 4.78 is 10.8. The summed E-state index contributed by atoms with van der Waals surface area (Å²) in [6.07, 6.45) is 0. The lowest BCUT2D eigenvalue weighted by Gasteiger charge is -2.26. The lowest BCUT2D eigenvalue weighted by Crippen LogP contribution is -2.10. The zero-order chi connectivity index (χ0) is 43.4. The molecule has 0 saturated carbocycles. The third-order valence-electron chi connectivity index (χ3n) is 14.1. The Kier molecular flexibility index (Phi) is 7.83. The summed E-state index contributed by atoms with van der Waals surface area (Å²) in [7, 11) is 0. The van der Waals surface area contributed by atoms with Crippen LogP contribution in [0.25, 0.3) is 124 Å². The van der Waals surface area contributed by atoms with E-state index in [1.165, 1.54) is 129 Å². The van der Waals surface area contributed by atoms with Gasteiger partial charge < -0.3 is 4.90 Å². The number of anilines is 3. The second-order valence-electron chi connectivity index (χ2n) is 18.3. The van der Waals surface area contributed by atoms with Gasteiger partial charge in [-0.05, 0) is 164 Å². The fourth-order valence-electron chi connectivity index (χ4n) is 10.7. The second-order valence-corrected chi connectivity index (χ2v) is 22.7. The molecule has 0 unspecified atom stereocenters. The minimum absolute atomic E-state index is 0.463. The van der Waals surface area contributed by atoms with Gasteiger partial charge in [0.2, 0.25) is 0 Å². The van der Waals surface area contributed by atoms with Gasteiger partial charge in [0.05, 0.1) is 0 Å². The van der Waals surface area contributed by atoms with E-state index in [0.717, 1.165) is 17.1 Å². The second kappa shape index (κ2) is 13.8. The quantitative estimate of drug-likeness (QED) is 0.170. The number of hydrogen-bond acceptors (Lipinski definition) is 5. The number of fused-ring (bicyclic) bond motifs is 16. The van der Waals surface area contributed by atoms with Gasteiger partial charge in [-0.25, -0.2) is 0 Å². The predicted molar refractivity (Wildman–Crippen MR) is 297 cm³/mol. The first kappa shape index (κ1) is 37.4. The van der Waals surface area contributed by atoms with Crippen LogP contribution in [-0.2, 0) is 0 Å². The first-order valence-corrected chi connectivity index (χ1v) is 25.9. The third-order valence-corrected chi connectivity index (χ3v) is 18.5. The van der Waals surface area contributed by atoms with Crippen LogP contribution >= 0.6 is 45.3 Å². The molecule has 1 nitrogen and oxygen atoms in total. The molecule has 4 aromatic heterocycles. The Morgan fingerprint density at radius 1 is 0.273 bits per heavy atom. The summed E-state index contributed by atoms with van der Waals surface area (Å²) in [5.41, 5.74) is 4.81. The summed E-state index contributed by atoms with van der Waals surface area (Å²) in [6.45, 7) is 4.53. The van der Waals surface area contributed by atoms with Gasteiger partial charge in [-0.15, -0.1) is 45.3 Å². The fraction of sp³-hybridized carbons (Fsp3) is 0.0492. The van der Waals surface area contributed by atoms with Crippen molar-refractivity contribution in [1.82, 2.24) is 0 Å². The molecule has 0 atom stereocenters. The summed E-state index contributed by atoms with van der Waals surface area (Å²) >= 11 is 7.65. The van der Waals surface area contributed by atoms with Crippen LogP contribution in [0, 0.1) is 0 Å². The largest absolute Gasteiger partial charge is 0.310 e. The van der Waals surface area contributed by atoms with Crippen LogP contribution in [0.1, 0.15) is 25.3 Å². The van der Waals surface area contributed by atoms with E-state index in [0.29, 0.717) is 5.92 Å². The molecule has 4 heterocycles.